The van der Waals surface area contributed by atoms with Gasteiger partial charge in [-0.25, -0.2) is 13.4 Å². The van der Waals surface area contributed by atoms with Gasteiger partial charge in [0.1, 0.15) is 6.04 Å². The summed E-state index contributed by atoms with van der Waals surface area (Å²) in [4.78, 5) is 44.3. The quantitative estimate of drug-likeness (QED) is 0.589. The minimum absolute atomic E-state index is 0.160. The van der Waals surface area contributed by atoms with Crippen LogP contribution < -0.4 is 5.32 Å². The number of imide groups is 1. The molecule has 0 radical (unpaired) electrons. The summed E-state index contributed by atoms with van der Waals surface area (Å²) in [5.41, 5.74) is 1.09. The van der Waals surface area contributed by atoms with E-state index in [0.717, 1.165) is 22.5 Å². The molecule has 3 amide bonds. The molecule has 1 unspecified atom stereocenters. The second-order valence-electron chi connectivity index (χ2n) is 7.62. The molecule has 1 aromatic heterocycles. The van der Waals surface area contributed by atoms with E-state index in [2.05, 4.69) is 10.3 Å². The van der Waals surface area contributed by atoms with Gasteiger partial charge in [-0.2, -0.15) is 0 Å². The number of carbonyl (C=O) groups excluding carboxylic acids is 3. The number of aromatic nitrogens is 1. The van der Waals surface area contributed by atoms with Crippen LogP contribution in [-0.4, -0.2) is 48.3 Å². The molecule has 0 saturated heterocycles. The van der Waals surface area contributed by atoms with Crippen molar-refractivity contribution in [2.45, 2.75) is 24.8 Å². The van der Waals surface area contributed by atoms with Gasteiger partial charge in [-0.15, -0.1) is 0 Å². The van der Waals surface area contributed by atoms with Crippen LogP contribution in [0.4, 0.5) is 5.13 Å². The summed E-state index contributed by atoms with van der Waals surface area (Å²) >= 11 is 1.12. The third-order valence-electron chi connectivity index (χ3n) is 5.02. The molecular weight excluding hydrogens is 438 g/mol. The SMILES string of the molecule is CC(C)C(C(=O)Nc1nc2ccc(S(C)(=O)=O)cc2s1)N1C(=O)c2ccccc2C1=O. The van der Waals surface area contributed by atoms with E-state index in [1.807, 2.05) is 0 Å². The second-order valence-corrected chi connectivity index (χ2v) is 10.7. The number of fused-ring (bicyclic) bond motifs is 2. The highest BCUT2D eigenvalue weighted by Crippen LogP contribution is 2.31. The predicted molar refractivity (Wildman–Crippen MR) is 117 cm³/mol. The van der Waals surface area contributed by atoms with Gasteiger partial charge in [-0.05, 0) is 36.2 Å². The molecule has 3 aromatic rings. The number of amides is 3. The Morgan fingerprint density at radius 2 is 1.68 bits per heavy atom. The van der Waals surface area contributed by atoms with Gasteiger partial charge in [0.15, 0.2) is 15.0 Å². The van der Waals surface area contributed by atoms with Crippen LogP contribution in [0.2, 0.25) is 0 Å². The van der Waals surface area contributed by atoms with E-state index in [9.17, 15) is 22.8 Å². The van der Waals surface area contributed by atoms with Crippen LogP contribution in [0, 0.1) is 5.92 Å². The highest BCUT2D eigenvalue weighted by Gasteiger charge is 2.44. The molecule has 160 valence electrons. The zero-order valence-corrected chi connectivity index (χ0v) is 18.6. The molecule has 10 heteroatoms. The van der Waals surface area contributed by atoms with E-state index in [1.54, 1.807) is 44.2 Å². The first-order valence-electron chi connectivity index (χ1n) is 9.46. The Balaban J connectivity index is 1.63. The number of carbonyl (C=O) groups is 3. The van der Waals surface area contributed by atoms with E-state index in [1.165, 1.54) is 12.1 Å². The van der Waals surface area contributed by atoms with Gasteiger partial charge in [0.25, 0.3) is 11.8 Å². The minimum Gasteiger partial charge on any atom is -0.300 e. The van der Waals surface area contributed by atoms with Crippen LogP contribution in [-0.2, 0) is 14.6 Å². The van der Waals surface area contributed by atoms with Gasteiger partial charge < -0.3 is 5.32 Å². The Labute approximate surface area is 182 Å². The fraction of sp³-hybridized carbons (Fsp3) is 0.238. The van der Waals surface area contributed by atoms with Crippen LogP contribution in [0.5, 0.6) is 0 Å². The Bertz CT molecular complexity index is 1310. The number of benzene rings is 2. The van der Waals surface area contributed by atoms with E-state index in [4.69, 9.17) is 0 Å². The van der Waals surface area contributed by atoms with Crippen LogP contribution in [0.3, 0.4) is 0 Å². The van der Waals surface area contributed by atoms with Crippen molar-refractivity contribution in [2.75, 3.05) is 11.6 Å². The normalized spacial score (nSPS) is 14.9. The lowest BCUT2D eigenvalue weighted by atomic mass is 10.0. The van der Waals surface area contributed by atoms with Crippen LogP contribution in [0.15, 0.2) is 47.4 Å². The van der Waals surface area contributed by atoms with Crippen molar-refractivity contribution >= 4 is 54.2 Å². The number of hydrogen-bond donors (Lipinski definition) is 1. The third-order valence-corrected chi connectivity index (χ3v) is 7.07. The fourth-order valence-electron chi connectivity index (χ4n) is 3.55. The Morgan fingerprint density at radius 1 is 1.06 bits per heavy atom. The van der Waals surface area contributed by atoms with Crippen molar-refractivity contribution in [2.24, 2.45) is 5.92 Å². The summed E-state index contributed by atoms with van der Waals surface area (Å²) in [7, 11) is -3.37. The molecule has 1 atom stereocenters. The maximum absolute atomic E-state index is 13.1. The monoisotopic (exact) mass is 457 g/mol. The van der Waals surface area contributed by atoms with Crippen LogP contribution in [0.25, 0.3) is 10.2 Å². The van der Waals surface area contributed by atoms with Crippen molar-refractivity contribution in [3.05, 3.63) is 53.6 Å². The van der Waals surface area contributed by atoms with Crippen molar-refractivity contribution < 1.29 is 22.8 Å². The van der Waals surface area contributed by atoms with Crippen molar-refractivity contribution in [1.29, 1.82) is 0 Å². The lowest BCUT2D eigenvalue weighted by molar-refractivity contribution is -0.121. The number of anilines is 1. The molecule has 8 nitrogen and oxygen atoms in total. The summed E-state index contributed by atoms with van der Waals surface area (Å²) in [6.45, 7) is 3.51. The highest BCUT2D eigenvalue weighted by molar-refractivity contribution is 7.90. The zero-order valence-electron chi connectivity index (χ0n) is 16.9. The molecule has 2 heterocycles. The average molecular weight is 458 g/mol. The predicted octanol–water partition coefficient (Wildman–Crippen LogP) is 2.96. The molecule has 1 N–H and O–H groups in total. The van der Waals surface area contributed by atoms with Crippen molar-refractivity contribution in [3.63, 3.8) is 0 Å². The Kier molecular flexibility index (Phi) is 5.14. The standard InChI is InChI=1S/C21H19N3O5S2/c1-11(2)17(24-19(26)13-6-4-5-7-14(13)20(24)27)18(25)23-21-22-15-9-8-12(31(3,28)29)10-16(15)30-21/h4-11,17H,1-3H3,(H,22,23,25). The molecule has 0 fully saturated rings. The molecule has 1 aliphatic rings. The number of nitrogens with zero attached hydrogens (tertiary/aromatic N) is 2. The van der Waals surface area contributed by atoms with Crippen LogP contribution >= 0.6 is 11.3 Å². The number of hydrogen-bond acceptors (Lipinski definition) is 7. The summed E-state index contributed by atoms with van der Waals surface area (Å²) in [6, 6.07) is 9.98. The molecular formula is C21H19N3O5S2. The maximum Gasteiger partial charge on any atom is 0.262 e. The first-order valence-corrected chi connectivity index (χ1v) is 12.2. The van der Waals surface area contributed by atoms with E-state index >= 15 is 0 Å². The van der Waals surface area contributed by atoms with Gasteiger partial charge >= 0.3 is 0 Å². The van der Waals surface area contributed by atoms with Gasteiger partial charge in [0.05, 0.1) is 26.2 Å². The van der Waals surface area contributed by atoms with E-state index in [-0.39, 0.29) is 27.1 Å². The molecule has 2 aromatic carbocycles. The third kappa shape index (κ3) is 3.72. The number of rotatable bonds is 5. The Hall–Kier alpha value is -3.11. The summed E-state index contributed by atoms with van der Waals surface area (Å²) in [5, 5.41) is 2.95. The van der Waals surface area contributed by atoms with Gasteiger partial charge in [-0.3, -0.25) is 19.3 Å². The topological polar surface area (TPSA) is 114 Å². The lowest BCUT2D eigenvalue weighted by Crippen LogP contribution is -2.50. The fourth-order valence-corrected chi connectivity index (χ4v) is 5.18. The molecule has 0 saturated carbocycles. The van der Waals surface area contributed by atoms with Crippen molar-refractivity contribution in [3.8, 4) is 0 Å². The molecule has 0 spiro atoms. The number of sulfone groups is 1. The highest BCUT2D eigenvalue weighted by atomic mass is 32.2. The molecule has 0 bridgehead atoms. The van der Waals surface area contributed by atoms with Crippen LogP contribution in [0.1, 0.15) is 34.6 Å². The number of nitrogens with one attached hydrogen (secondary N) is 1. The second kappa shape index (κ2) is 7.54. The van der Waals surface area contributed by atoms with Gasteiger partial charge in [0.2, 0.25) is 5.91 Å². The van der Waals surface area contributed by atoms with Gasteiger partial charge in [-0.1, -0.05) is 37.3 Å². The maximum atomic E-state index is 13.1. The largest absolute Gasteiger partial charge is 0.300 e. The molecule has 1 aliphatic heterocycles. The summed E-state index contributed by atoms with van der Waals surface area (Å²) in [5.74, 6) is -1.88. The van der Waals surface area contributed by atoms with E-state index in [0.29, 0.717) is 10.2 Å². The van der Waals surface area contributed by atoms with E-state index < -0.39 is 33.6 Å². The minimum atomic E-state index is -3.37. The Morgan fingerprint density at radius 3 is 2.23 bits per heavy atom. The zero-order chi connectivity index (χ0) is 22.5. The summed E-state index contributed by atoms with van der Waals surface area (Å²) in [6.07, 6.45) is 1.12. The van der Waals surface area contributed by atoms with Gasteiger partial charge in [0, 0.05) is 6.26 Å². The molecule has 0 aliphatic carbocycles. The molecule has 4 rings (SSSR count). The first kappa shape index (κ1) is 21.1. The van der Waals surface area contributed by atoms with Crippen molar-refractivity contribution in [1.82, 2.24) is 9.88 Å². The first-order chi connectivity index (χ1) is 14.6. The smallest absolute Gasteiger partial charge is 0.262 e. The lowest BCUT2D eigenvalue weighted by Gasteiger charge is -2.27. The summed E-state index contributed by atoms with van der Waals surface area (Å²) < 4.78 is 24.1. The molecule has 31 heavy (non-hydrogen) atoms. The number of thiazole rings is 1. The average Bonchev–Trinajstić information content (AvgIpc) is 3.20.